The van der Waals surface area contributed by atoms with Gasteiger partial charge in [0, 0.05) is 17.9 Å². The van der Waals surface area contributed by atoms with Crippen molar-refractivity contribution in [2.24, 2.45) is 0 Å². The van der Waals surface area contributed by atoms with Crippen molar-refractivity contribution in [3.63, 3.8) is 0 Å². The van der Waals surface area contributed by atoms with Gasteiger partial charge in [0.25, 0.3) is 0 Å². The monoisotopic (exact) mass is 229 g/mol. The summed E-state index contributed by atoms with van der Waals surface area (Å²) in [5.74, 6) is 0. The van der Waals surface area contributed by atoms with Gasteiger partial charge in [0.05, 0.1) is 22.9 Å². The molecule has 0 bridgehead atoms. The van der Waals surface area contributed by atoms with Crippen molar-refractivity contribution < 1.29 is 9.84 Å². The summed E-state index contributed by atoms with van der Waals surface area (Å²) in [5.41, 5.74) is 1.06. The van der Waals surface area contributed by atoms with E-state index in [9.17, 15) is 5.11 Å². The zero-order chi connectivity index (χ0) is 11.4. The summed E-state index contributed by atoms with van der Waals surface area (Å²) in [7, 11) is 0. The van der Waals surface area contributed by atoms with Crippen LogP contribution < -0.4 is 0 Å². The second-order valence-corrected chi connectivity index (χ2v) is 4.97. The van der Waals surface area contributed by atoms with E-state index in [0.717, 1.165) is 10.7 Å². The molecular weight excluding hydrogens is 210 g/mol. The molecule has 1 aromatic heterocycles. The summed E-state index contributed by atoms with van der Waals surface area (Å²) in [6.07, 6.45) is -0.00466. The van der Waals surface area contributed by atoms with E-state index in [0.29, 0.717) is 13.0 Å². The number of aliphatic hydroxyl groups is 1. The Bertz CT molecular complexity index is 292. The van der Waals surface area contributed by atoms with Crippen molar-refractivity contribution in [3.8, 4) is 0 Å². The number of nitrogens with zero attached hydrogens (tertiary/aromatic N) is 1. The Morgan fingerprint density at radius 3 is 2.60 bits per heavy atom. The van der Waals surface area contributed by atoms with Gasteiger partial charge < -0.3 is 9.84 Å². The number of aliphatic hydroxyl groups excluding tert-OH is 1. The van der Waals surface area contributed by atoms with Crippen LogP contribution in [0.4, 0.5) is 0 Å². The second-order valence-electron chi connectivity index (χ2n) is 3.68. The molecule has 0 radical (unpaired) electrons. The molecule has 0 fully saturated rings. The molecule has 1 rings (SSSR count). The van der Waals surface area contributed by atoms with Crippen LogP contribution in [-0.4, -0.2) is 28.9 Å². The summed E-state index contributed by atoms with van der Waals surface area (Å²) in [6.45, 7) is 8.50. The smallest absolute Gasteiger partial charge is 0.0957 e. The predicted molar refractivity (Wildman–Crippen MR) is 62.4 cm³/mol. The number of hydrogen-bond donors (Lipinski definition) is 1. The van der Waals surface area contributed by atoms with E-state index < -0.39 is 6.10 Å². The first-order valence-electron chi connectivity index (χ1n) is 5.27. The fraction of sp³-hybridized carbons (Fsp3) is 0.727. The Hall–Kier alpha value is -0.450. The van der Waals surface area contributed by atoms with E-state index in [-0.39, 0.29) is 6.10 Å². The SMILES string of the molecule is CCOC(C)C(O)Cc1nc(C)c(C)s1. The van der Waals surface area contributed by atoms with Crippen LogP contribution in [0.25, 0.3) is 0 Å². The van der Waals surface area contributed by atoms with E-state index in [4.69, 9.17) is 4.74 Å². The van der Waals surface area contributed by atoms with Crippen molar-refractivity contribution in [1.29, 1.82) is 0 Å². The lowest BCUT2D eigenvalue weighted by Crippen LogP contribution is -2.28. The molecule has 0 saturated carbocycles. The molecule has 0 aliphatic rings. The normalized spacial score (nSPS) is 15.3. The number of aryl methyl sites for hydroxylation is 2. The molecule has 0 spiro atoms. The van der Waals surface area contributed by atoms with Crippen LogP contribution in [0.5, 0.6) is 0 Å². The Balaban J connectivity index is 2.54. The maximum Gasteiger partial charge on any atom is 0.0957 e. The van der Waals surface area contributed by atoms with E-state index in [1.165, 1.54) is 4.88 Å². The summed E-state index contributed by atoms with van der Waals surface area (Å²) >= 11 is 1.65. The van der Waals surface area contributed by atoms with Crippen LogP contribution >= 0.6 is 11.3 Å². The maximum atomic E-state index is 9.84. The zero-order valence-electron chi connectivity index (χ0n) is 9.78. The molecule has 4 heteroatoms. The highest BCUT2D eigenvalue weighted by Gasteiger charge is 2.17. The molecular formula is C11H19NO2S. The highest BCUT2D eigenvalue weighted by molar-refractivity contribution is 7.11. The number of hydrogen-bond acceptors (Lipinski definition) is 4. The minimum Gasteiger partial charge on any atom is -0.390 e. The molecule has 0 aliphatic heterocycles. The van der Waals surface area contributed by atoms with Crippen LogP contribution in [0, 0.1) is 13.8 Å². The fourth-order valence-corrected chi connectivity index (χ4v) is 2.33. The molecule has 1 N–H and O–H groups in total. The summed E-state index contributed by atoms with van der Waals surface area (Å²) < 4.78 is 5.34. The average molecular weight is 229 g/mol. The van der Waals surface area contributed by atoms with Gasteiger partial charge in [-0.2, -0.15) is 0 Å². The van der Waals surface area contributed by atoms with E-state index in [2.05, 4.69) is 11.9 Å². The van der Waals surface area contributed by atoms with Crippen molar-refractivity contribution in [2.75, 3.05) is 6.61 Å². The quantitative estimate of drug-likeness (QED) is 0.840. The Kier molecular flexibility index (Phi) is 4.70. The molecule has 3 nitrogen and oxygen atoms in total. The first-order chi connectivity index (χ1) is 7.04. The topological polar surface area (TPSA) is 42.4 Å². The van der Waals surface area contributed by atoms with Gasteiger partial charge >= 0.3 is 0 Å². The van der Waals surface area contributed by atoms with Crippen molar-refractivity contribution in [2.45, 2.75) is 46.3 Å². The first-order valence-corrected chi connectivity index (χ1v) is 6.08. The summed E-state index contributed by atoms with van der Waals surface area (Å²) in [4.78, 5) is 5.62. The van der Waals surface area contributed by atoms with Crippen LogP contribution in [-0.2, 0) is 11.2 Å². The van der Waals surface area contributed by atoms with Gasteiger partial charge in [-0.3, -0.25) is 0 Å². The molecule has 0 saturated heterocycles. The predicted octanol–water partition coefficient (Wildman–Crippen LogP) is 2.09. The minimum absolute atomic E-state index is 0.125. The van der Waals surface area contributed by atoms with E-state index in [1.807, 2.05) is 20.8 Å². The molecule has 15 heavy (non-hydrogen) atoms. The molecule has 0 aliphatic carbocycles. The lowest BCUT2D eigenvalue weighted by Gasteiger charge is -2.17. The lowest BCUT2D eigenvalue weighted by molar-refractivity contribution is -0.0208. The van der Waals surface area contributed by atoms with Crippen LogP contribution in [0.1, 0.15) is 29.4 Å². The zero-order valence-corrected chi connectivity index (χ0v) is 10.6. The van der Waals surface area contributed by atoms with Gasteiger partial charge in [0.2, 0.25) is 0 Å². The van der Waals surface area contributed by atoms with Crippen LogP contribution in [0.2, 0.25) is 0 Å². The number of thiazole rings is 1. The minimum atomic E-state index is -0.463. The molecule has 1 heterocycles. The molecule has 2 atom stereocenters. The summed E-state index contributed by atoms with van der Waals surface area (Å²) in [6, 6.07) is 0. The second kappa shape index (κ2) is 5.58. The molecule has 0 aromatic carbocycles. The van der Waals surface area contributed by atoms with Gasteiger partial charge in [-0.15, -0.1) is 11.3 Å². The average Bonchev–Trinajstić information content (AvgIpc) is 2.46. The van der Waals surface area contributed by atoms with Gasteiger partial charge in [-0.25, -0.2) is 4.98 Å². The van der Waals surface area contributed by atoms with E-state index >= 15 is 0 Å². The Morgan fingerprint density at radius 1 is 1.47 bits per heavy atom. The van der Waals surface area contributed by atoms with Gasteiger partial charge in [-0.1, -0.05) is 0 Å². The fourth-order valence-electron chi connectivity index (χ4n) is 1.35. The third kappa shape index (κ3) is 3.55. The highest BCUT2D eigenvalue weighted by Crippen LogP contribution is 2.18. The molecule has 1 aromatic rings. The third-order valence-electron chi connectivity index (χ3n) is 2.43. The maximum absolute atomic E-state index is 9.84. The molecule has 86 valence electrons. The highest BCUT2D eigenvalue weighted by atomic mass is 32.1. The standard InChI is InChI=1S/C11H19NO2S/c1-5-14-8(3)10(13)6-11-12-7(2)9(4)15-11/h8,10,13H,5-6H2,1-4H3. The number of aromatic nitrogens is 1. The van der Waals surface area contributed by atoms with Crippen molar-refractivity contribution in [1.82, 2.24) is 4.98 Å². The van der Waals surface area contributed by atoms with Crippen LogP contribution in [0.3, 0.4) is 0 Å². The third-order valence-corrected chi connectivity index (χ3v) is 3.52. The van der Waals surface area contributed by atoms with Crippen molar-refractivity contribution >= 4 is 11.3 Å². The largest absolute Gasteiger partial charge is 0.390 e. The Labute approximate surface area is 95.1 Å². The molecule has 0 amide bonds. The molecule has 2 unspecified atom stereocenters. The first kappa shape index (κ1) is 12.6. The van der Waals surface area contributed by atoms with Gasteiger partial charge in [-0.05, 0) is 27.7 Å². The lowest BCUT2D eigenvalue weighted by atomic mass is 10.2. The van der Waals surface area contributed by atoms with E-state index in [1.54, 1.807) is 11.3 Å². The summed E-state index contributed by atoms with van der Waals surface area (Å²) in [5, 5.41) is 10.8. The Morgan fingerprint density at radius 2 is 2.13 bits per heavy atom. The van der Waals surface area contributed by atoms with Gasteiger partial charge in [0.1, 0.15) is 0 Å². The number of rotatable bonds is 5. The van der Waals surface area contributed by atoms with Crippen LogP contribution in [0.15, 0.2) is 0 Å². The number of ether oxygens (including phenoxy) is 1. The van der Waals surface area contributed by atoms with Gasteiger partial charge in [0.15, 0.2) is 0 Å². The van der Waals surface area contributed by atoms with Crippen molar-refractivity contribution in [3.05, 3.63) is 15.6 Å².